The quantitative estimate of drug-likeness (QED) is 0.609. The fraction of sp³-hybridized carbons (Fsp3) is 0.571. The Morgan fingerprint density at radius 1 is 1.28 bits per heavy atom. The van der Waals surface area contributed by atoms with Gasteiger partial charge in [-0.05, 0) is 44.2 Å². The Hall–Kier alpha value is -1.58. The van der Waals surface area contributed by atoms with Gasteiger partial charge in [0.15, 0.2) is 0 Å². The van der Waals surface area contributed by atoms with Gasteiger partial charge in [0.05, 0.1) is 4.92 Å². The molecule has 1 atom stereocenters. The Kier molecular flexibility index (Phi) is 5.13. The lowest BCUT2D eigenvalue weighted by atomic mass is 10.0. The predicted octanol–water partition coefficient (Wildman–Crippen LogP) is 4.14. The first-order chi connectivity index (χ1) is 8.40. The second-order valence-electron chi connectivity index (χ2n) is 5.29. The summed E-state index contributed by atoms with van der Waals surface area (Å²) >= 11 is 0. The van der Waals surface area contributed by atoms with Gasteiger partial charge in [0.1, 0.15) is 5.69 Å². The van der Waals surface area contributed by atoms with E-state index in [4.69, 9.17) is 0 Å². The number of rotatable bonds is 6. The zero-order valence-corrected chi connectivity index (χ0v) is 11.6. The van der Waals surface area contributed by atoms with Crippen molar-refractivity contribution in [2.24, 2.45) is 5.92 Å². The van der Waals surface area contributed by atoms with Crippen molar-refractivity contribution in [3.63, 3.8) is 0 Å². The van der Waals surface area contributed by atoms with E-state index in [9.17, 15) is 10.1 Å². The van der Waals surface area contributed by atoms with E-state index < -0.39 is 0 Å². The molecule has 4 nitrogen and oxygen atoms in total. The molecule has 0 spiro atoms. The minimum Gasteiger partial charge on any atom is -0.377 e. The van der Waals surface area contributed by atoms with Gasteiger partial charge in [-0.3, -0.25) is 10.1 Å². The van der Waals surface area contributed by atoms with Crippen LogP contribution in [0.2, 0.25) is 0 Å². The SMILES string of the molecule is Cc1ccc([N+](=O)[O-])c(NC(C)CCC(C)C)c1. The summed E-state index contributed by atoms with van der Waals surface area (Å²) in [5.41, 5.74) is 1.80. The van der Waals surface area contributed by atoms with E-state index in [0.29, 0.717) is 11.6 Å². The molecule has 0 radical (unpaired) electrons. The molecule has 1 unspecified atom stereocenters. The van der Waals surface area contributed by atoms with E-state index in [0.717, 1.165) is 18.4 Å². The third-order valence-corrected chi connectivity index (χ3v) is 2.93. The molecule has 0 amide bonds. The number of aryl methyl sites for hydroxylation is 1. The van der Waals surface area contributed by atoms with E-state index in [1.54, 1.807) is 12.1 Å². The highest BCUT2D eigenvalue weighted by atomic mass is 16.6. The number of hydrogen-bond acceptors (Lipinski definition) is 3. The van der Waals surface area contributed by atoms with Crippen LogP contribution >= 0.6 is 0 Å². The number of nitro benzene ring substituents is 1. The molecule has 0 aromatic heterocycles. The van der Waals surface area contributed by atoms with E-state index in [1.807, 2.05) is 13.0 Å². The molecule has 0 aliphatic carbocycles. The molecule has 0 aliphatic rings. The van der Waals surface area contributed by atoms with Gasteiger partial charge in [-0.25, -0.2) is 0 Å². The topological polar surface area (TPSA) is 55.2 Å². The van der Waals surface area contributed by atoms with Crippen molar-refractivity contribution in [1.29, 1.82) is 0 Å². The van der Waals surface area contributed by atoms with Crippen molar-refractivity contribution in [2.75, 3.05) is 5.32 Å². The summed E-state index contributed by atoms with van der Waals surface area (Å²) in [5, 5.41) is 14.2. The largest absolute Gasteiger partial charge is 0.377 e. The Morgan fingerprint density at radius 2 is 1.94 bits per heavy atom. The lowest BCUT2D eigenvalue weighted by Crippen LogP contribution is -2.16. The van der Waals surface area contributed by atoms with Gasteiger partial charge in [-0.15, -0.1) is 0 Å². The Bertz CT molecular complexity index is 416. The van der Waals surface area contributed by atoms with Crippen molar-refractivity contribution >= 4 is 11.4 Å². The maximum atomic E-state index is 10.9. The van der Waals surface area contributed by atoms with Crippen LogP contribution in [0.3, 0.4) is 0 Å². The molecular formula is C14H22N2O2. The monoisotopic (exact) mass is 250 g/mol. The molecule has 0 heterocycles. The lowest BCUT2D eigenvalue weighted by Gasteiger charge is -2.16. The van der Waals surface area contributed by atoms with E-state index in [2.05, 4.69) is 26.1 Å². The van der Waals surface area contributed by atoms with E-state index >= 15 is 0 Å². The third-order valence-electron chi connectivity index (χ3n) is 2.93. The van der Waals surface area contributed by atoms with Crippen LogP contribution in [0.15, 0.2) is 18.2 Å². The molecule has 1 N–H and O–H groups in total. The van der Waals surface area contributed by atoms with Gasteiger partial charge >= 0.3 is 0 Å². The second-order valence-corrected chi connectivity index (χ2v) is 5.29. The van der Waals surface area contributed by atoms with Gasteiger partial charge in [0, 0.05) is 12.1 Å². The number of hydrogen-bond donors (Lipinski definition) is 1. The maximum absolute atomic E-state index is 10.9. The van der Waals surface area contributed by atoms with Crippen molar-refractivity contribution in [3.8, 4) is 0 Å². The van der Waals surface area contributed by atoms with Gasteiger partial charge in [0.2, 0.25) is 0 Å². The number of nitrogens with zero attached hydrogens (tertiary/aromatic N) is 1. The number of anilines is 1. The fourth-order valence-electron chi connectivity index (χ4n) is 1.85. The van der Waals surface area contributed by atoms with Gasteiger partial charge in [-0.2, -0.15) is 0 Å². The molecule has 0 aliphatic heterocycles. The molecule has 1 rings (SSSR count). The average Bonchev–Trinajstić information content (AvgIpc) is 2.26. The molecule has 0 saturated carbocycles. The van der Waals surface area contributed by atoms with Crippen LogP contribution in [-0.4, -0.2) is 11.0 Å². The zero-order valence-electron chi connectivity index (χ0n) is 11.6. The Labute approximate surface area is 109 Å². The van der Waals surface area contributed by atoms with E-state index in [-0.39, 0.29) is 16.7 Å². The zero-order chi connectivity index (χ0) is 13.7. The average molecular weight is 250 g/mol. The van der Waals surface area contributed by atoms with Crippen molar-refractivity contribution in [1.82, 2.24) is 0 Å². The minimum atomic E-state index is -0.336. The normalized spacial score (nSPS) is 12.5. The highest BCUT2D eigenvalue weighted by Crippen LogP contribution is 2.26. The van der Waals surface area contributed by atoms with Crippen molar-refractivity contribution in [3.05, 3.63) is 33.9 Å². The van der Waals surface area contributed by atoms with Gasteiger partial charge in [0.25, 0.3) is 5.69 Å². The predicted molar refractivity (Wildman–Crippen MR) is 75.0 cm³/mol. The first-order valence-corrected chi connectivity index (χ1v) is 6.41. The van der Waals surface area contributed by atoms with Crippen LogP contribution in [0.25, 0.3) is 0 Å². The van der Waals surface area contributed by atoms with Crippen molar-refractivity contribution < 1.29 is 4.92 Å². The highest BCUT2D eigenvalue weighted by molar-refractivity contribution is 5.63. The summed E-state index contributed by atoms with van der Waals surface area (Å²) in [4.78, 5) is 10.6. The maximum Gasteiger partial charge on any atom is 0.292 e. The van der Waals surface area contributed by atoms with Crippen molar-refractivity contribution in [2.45, 2.75) is 46.6 Å². The Morgan fingerprint density at radius 3 is 2.50 bits per heavy atom. The lowest BCUT2D eigenvalue weighted by molar-refractivity contribution is -0.384. The second kappa shape index (κ2) is 6.38. The number of benzene rings is 1. The third kappa shape index (κ3) is 4.35. The molecule has 1 aromatic rings. The highest BCUT2D eigenvalue weighted by Gasteiger charge is 2.15. The van der Waals surface area contributed by atoms with E-state index in [1.165, 1.54) is 0 Å². The summed E-state index contributed by atoms with van der Waals surface area (Å²) in [6.07, 6.45) is 2.14. The summed E-state index contributed by atoms with van der Waals surface area (Å²) in [6, 6.07) is 5.41. The summed E-state index contributed by atoms with van der Waals surface area (Å²) in [5.74, 6) is 0.654. The van der Waals surface area contributed by atoms with Crippen LogP contribution in [0, 0.1) is 23.0 Å². The molecule has 4 heteroatoms. The molecule has 1 aromatic carbocycles. The summed E-state index contributed by atoms with van der Waals surface area (Å²) in [7, 11) is 0. The molecular weight excluding hydrogens is 228 g/mol. The molecule has 0 bridgehead atoms. The first kappa shape index (κ1) is 14.5. The van der Waals surface area contributed by atoms with Crippen LogP contribution < -0.4 is 5.32 Å². The molecule has 0 fully saturated rings. The smallest absolute Gasteiger partial charge is 0.292 e. The first-order valence-electron chi connectivity index (χ1n) is 6.41. The summed E-state index contributed by atoms with van der Waals surface area (Å²) < 4.78 is 0. The van der Waals surface area contributed by atoms with Crippen LogP contribution in [0.5, 0.6) is 0 Å². The minimum absolute atomic E-state index is 0.150. The number of nitrogens with one attached hydrogen (secondary N) is 1. The van der Waals surface area contributed by atoms with Gasteiger partial charge < -0.3 is 5.32 Å². The van der Waals surface area contributed by atoms with Crippen LogP contribution in [0.1, 0.15) is 39.2 Å². The summed E-state index contributed by atoms with van der Waals surface area (Å²) in [6.45, 7) is 8.37. The molecule has 18 heavy (non-hydrogen) atoms. The van der Waals surface area contributed by atoms with Gasteiger partial charge in [-0.1, -0.05) is 19.9 Å². The molecule has 100 valence electrons. The number of nitro groups is 1. The van der Waals surface area contributed by atoms with Crippen LogP contribution in [-0.2, 0) is 0 Å². The standard InChI is InChI=1S/C14H22N2O2/c1-10(2)5-7-12(4)15-13-9-11(3)6-8-14(13)16(17)18/h6,8-10,12,15H,5,7H2,1-4H3. The molecule has 0 saturated heterocycles. The Balaban J connectivity index is 2.76. The fourth-order valence-corrected chi connectivity index (χ4v) is 1.85. The van der Waals surface area contributed by atoms with Crippen LogP contribution in [0.4, 0.5) is 11.4 Å².